The number of ether oxygens (including phenoxy) is 1. The van der Waals surface area contributed by atoms with Gasteiger partial charge in [-0.3, -0.25) is 4.90 Å². The summed E-state index contributed by atoms with van der Waals surface area (Å²) in [7, 11) is 0. The summed E-state index contributed by atoms with van der Waals surface area (Å²) in [5.41, 5.74) is 0.992. The molecule has 1 aliphatic heterocycles. The molecule has 0 amide bonds. The number of rotatable bonds is 5. The highest BCUT2D eigenvalue weighted by Gasteiger charge is 2.38. The van der Waals surface area contributed by atoms with Gasteiger partial charge in [0.25, 0.3) is 0 Å². The third-order valence-corrected chi connectivity index (χ3v) is 4.51. The van der Waals surface area contributed by atoms with Crippen LogP contribution in [0.4, 0.5) is 0 Å². The summed E-state index contributed by atoms with van der Waals surface area (Å²) >= 11 is 0. The molecule has 2 aliphatic rings. The zero-order valence-electron chi connectivity index (χ0n) is 11.6. The molecular formula is C16H23NO2. The van der Waals surface area contributed by atoms with Gasteiger partial charge in [-0.25, -0.2) is 0 Å². The molecule has 1 saturated carbocycles. The first-order chi connectivity index (χ1) is 9.26. The van der Waals surface area contributed by atoms with Gasteiger partial charge in [0.2, 0.25) is 0 Å². The predicted octanol–water partition coefficient (Wildman–Crippen LogP) is 2.60. The average molecular weight is 261 g/mol. The van der Waals surface area contributed by atoms with E-state index >= 15 is 0 Å². The Morgan fingerprint density at radius 1 is 1.32 bits per heavy atom. The molecule has 2 bridgehead atoms. The van der Waals surface area contributed by atoms with Crippen LogP contribution in [0.3, 0.4) is 0 Å². The first-order valence-electron chi connectivity index (χ1n) is 7.41. The monoisotopic (exact) mass is 261 g/mol. The Labute approximate surface area is 115 Å². The molecule has 0 aromatic heterocycles. The molecule has 3 atom stereocenters. The van der Waals surface area contributed by atoms with E-state index in [4.69, 9.17) is 4.74 Å². The maximum absolute atomic E-state index is 10.3. The van der Waals surface area contributed by atoms with Gasteiger partial charge < -0.3 is 9.84 Å². The van der Waals surface area contributed by atoms with Gasteiger partial charge in [0, 0.05) is 19.1 Å². The number of hydrogen-bond donors (Lipinski definition) is 1. The van der Waals surface area contributed by atoms with E-state index in [1.165, 1.54) is 25.8 Å². The Morgan fingerprint density at radius 2 is 2.11 bits per heavy atom. The fraction of sp³-hybridized carbons (Fsp3) is 0.625. The van der Waals surface area contributed by atoms with Crippen molar-refractivity contribution in [1.29, 1.82) is 0 Å². The van der Waals surface area contributed by atoms with Crippen molar-refractivity contribution in [2.45, 2.75) is 38.3 Å². The van der Waals surface area contributed by atoms with E-state index in [0.29, 0.717) is 6.61 Å². The van der Waals surface area contributed by atoms with Crippen LogP contribution in [-0.4, -0.2) is 35.7 Å². The number of fused-ring (bicyclic) bond motifs is 2. The second-order valence-electron chi connectivity index (χ2n) is 5.80. The molecule has 3 unspecified atom stereocenters. The van der Waals surface area contributed by atoms with Crippen LogP contribution in [0.5, 0.6) is 5.75 Å². The Morgan fingerprint density at radius 3 is 2.68 bits per heavy atom. The smallest absolute Gasteiger partial charge is 0.119 e. The Balaban J connectivity index is 1.59. The molecule has 1 N–H and O–H groups in total. The van der Waals surface area contributed by atoms with Crippen LogP contribution in [-0.2, 0) is 0 Å². The lowest BCUT2D eigenvalue weighted by molar-refractivity contribution is 0.0946. The highest BCUT2D eigenvalue weighted by atomic mass is 16.5. The minimum Gasteiger partial charge on any atom is -0.494 e. The van der Waals surface area contributed by atoms with Gasteiger partial charge in [0.1, 0.15) is 5.75 Å². The van der Waals surface area contributed by atoms with Crippen LogP contribution in [0.2, 0.25) is 0 Å². The number of hydrogen-bond acceptors (Lipinski definition) is 3. The maximum Gasteiger partial charge on any atom is 0.119 e. The number of nitrogens with zero attached hydrogens (tertiary/aromatic N) is 1. The second-order valence-corrected chi connectivity index (χ2v) is 5.80. The van der Waals surface area contributed by atoms with E-state index in [9.17, 15) is 5.11 Å². The first-order valence-corrected chi connectivity index (χ1v) is 7.41. The molecule has 1 heterocycles. The van der Waals surface area contributed by atoms with E-state index in [0.717, 1.165) is 29.8 Å². The molecule has 3 heteroatoms. The lowest BCUT2D eigenvalue weighted by atomic mass is 10.1. The molecule has 1 saturated heterocycles. The number of benzene rings is 1. The van der Waals surface area contributed by atoms with E-state index in [2.05, 4.69) is 4.90 Å². The summed E-state index contributed by atoms with van der Waals surface area (Å²) in [6.07, 6.45) is 3.67. The molecule has 3 nitrogen and oxygen atoms in total. The first kappa shape index (κ1) is 12.9. The van der Waals surface area contributed by atoms with Gasteiger partial charge in [-0.05, 0) is 49.8 Å². The Kier molecular flexibility index (Phi) is 3.76. The topological polar surface area (TPSA) is 32.7 Å². The summed E-state index contributed by atoms with van der Waals surface area (Å²) in [6, 6.07) is 8.56. The highest BCUT2D eigenvalue weighted by Crippen LogP contribution is 2.38. The molecule has 0 spiro atoms. The number of aliphatic hydroxyl groups excluding tert-OH is 1. The molecule has 0 radical (unpaired) electrons. The quantitative estimate of drug-likeness (QED) is 0.884. The van der Waals surface area contributed by atoms with E-state index in [-0.39, 0.29) is 6.10 Å². The van der Waals surface area contributed by atoms with Crippen molar-refractivity contribution in [3.8, 4) is 5.75 Å². The number of aliphatic hydroxyl groups is 1. The number of piperidine rings is 1. The zero-order valence-corrected chi connectivity index (χ0v) is 11.6. The van der Waals surface area contributed by atoms with E-state index in [1.54, 1.807) is 0 Å². The summed E-state index contributed by atoms with van der Waals surface area (Å²) in [4.78, 5) is 2.47. The second kappa shape index (κ2) is 5.51. The fourth-order valence-electron chi connectivity index (χ4n) is 3.53. The summed E-state index contributed by atoms with van der Waals surface area (Å²) in [6.45, 7) is 4.61. The van der Waals surface area contributed by atoms with Crippen molar-refractivity contribution in [1.82, 2.24) is 4.90 Å². The van der Waals surface area contributed by atoms with Crippen molar-refractivity contribution in [3.63, 3.8) is 0 Å². The van der Waals surface area contributed by atoms with Crippen molar-refractivity contribution in [2.24, 2.45) is 5.92 Å². The minimum atomic E-state index is -0.380. The molecule has 1 aliphatic carbocycles. The van der Waals surface area contributed by atoms with Gasteiger partial charge >= 0.3 is 0 Å². The van der Waals surface area contributed by atoms with Gasteiger partial charge in [0.15, 0.2) is 0 Å². The summed E-state index contributed by atoms with van der Waals surface area (Å²) < 4.78 is 5.42. The third kappa shape index (κ3) is 2.77. The summed E-state index contributed by atoms with van der Waals surface area (Å²) in [5, 5.41) is 10.3. The molecule has 1 aromatic carbocycles. The van der Waals surface area contributed by atoms with E-state index < -0.39 is 0 Å². The maximum atomic E-state index is 10.3. The normalized spacial score (nSPS) is 27.7. The van der Waals surface area contributed by atoms with Crippen molar-refractivity contribution in [2.75, 3.05) is 19.7 Å². The molecule has 2 fully saturated rings. The van der Waals surface area contributed by atoms with Crippen LogP contribution in [0.25, 0.3) is 0 Å². The standard InChI is InChI=1S/C16H23NO2/c1-2-19-15-7-4-13(5-8-15)16(18)11-17-10-12-3-6-14(17)9-12/h4-5,7-8,12,14,16,18H,2-3,6,9-11H2,1H3. The number of likely N-dealkylation sites (tertiary alicyclic amines) is 1. The van der Waals surface area contributed by atoms with Crippen molar-refractivity contribution in [3.05, 3.63) is 29.8 Å². The fourth-order valence-corrected chi connectivity index (χ4v) is 3.53. The molecular weight excluding hydrogens is 238 g/mol. The van der Waals surface area contributed by atoms with Gasteiger partial charge in [0.05, 0.1) is 12.7 Å². The van der Waals surface area contributed by atoms with Gasteiger partial charge in [-0.2, -0.15) is 0 Å². The predicted molar refractivity (Wildman–Crippen MR) is 75.3 cm³/mol. The lowest BCUT2D eigenvalue weighted by Gasteiger charge is -2.28. The van der Waals surface area contributed by atoms with Gasteiger partial charge in [-0.15, -0.1) is 0 Å². The lowest BCUT2D eigenvalue weighted by Crippen LogP contribution is -2.35. The van der Waals surface area contributed by atoms with Crippen LogP contribution >= 0.6 is 0 Å². The van der Waals surface area contributed by atoms with Crippen LogP contribution in [0.15, 0.2) is 24.3 Å². The minimum absolute atomic E-state index is 0.380. The van der Waals surface area contributed by atoms with Gasteiger partial charge in [-0.1, -0.05) is 12.1 Å². The van der Waals surface area contributed by atoms with Crippen LogP contribution in [0, 0.1) is 5.92 Å². The van der Waals surface area contributed by atoms with Crippen LogP contribution < -0.4 is 4.74 Å². The third-order valence-electron chi connectivity index (χ3n) is 4.51. The Bertz CT molecular complexity index is 417. The Hall–Kier alpha value is -1.06. The molecule has 1 aromatic rings. The zero-order chi connectivity index (χ0) is 13.2. The van der Waals surface area contributed by atoms with Crippen LogP contribution in [0.1, 0.15) is 37.9 Å². The van der Waals surface area contributed by atoms with E-state index in [1.807, 2.05) is 31.2 Å². The number of β-amino-alcohol motifs (C(OH)–C–C–N with tert-alkyl or cyclic N) is 1. The molecule has 3 rings (SSSR count). The SMILES string of the molecule is CCOc1ccc(C(O)CN2CC3CCC2C3)cc1. The molecule has 19 heavy (non-hydrogen) atoms. The highest BCUT2D eigenvalue weighted by molar-refractivity contribution is 5.28. The molecule has 104 valence electrons. The van der Waals surface area contributed by atoms with Crippen molar-refractivity contribution >= 4 is 0 Å². The summed E-state index contributed by atoms with van der Waals surface area (Å²) in [5.74, 6) is 1.76. The largest absolute Gasteiger partial charge is 0.494 e. The van der Waals surface area contributed by atoms with Crippen molar-refractivity contribution < 1.29 is 9.84 Å². The average Bonchev–Trinajstić information content (AvgIpc) is 3.02.